The predicted molar refractivity (Wildman–Crippen MR) is 240 cm³/mol. The van der Waals surface area contributed by atoms with Gasteiger partial charge >= 0.3 is 0 Å². The summed E-state index contributed by atoms with van der Waals surface area (Å²) >= 11 is 6.16. The molecule has 7 heterocycles. The van der Waals surface area contributed by atoms with Gasteiger partial charge in [-0.05, 0) is 86.3 Å². The normalized spacial score (nSPS) is 32.5. The van der Waals surface area contributed by atoms with Gasteiger partial charge < -0.3 is 45.2 Å². The first kappa shape index (κ1) is 47.1. The summed E-state index contributed by atoms with van der Waals surface area (Å²) in [5.41, 5.74) is 22.6. The largest absolute Gasteiger partial charge is 0.396 e. The van der Waals surface area contributed by atoms with E-state index in [0.717, 1.165) is 57.6 Å². The predicted octanol–water partition coefficient (Wildman–Crippen LogP) is 4.30. The molecule has 3 aromatic rings. The minimum absolute atomic E-state index is 0.124. The Hall–Kier alpha value is -5.03. The Balaban J connectivity index is 0.000000127. The van der Waals surface area contributed by atoms with Crippen molar-refractivity contribution in [3.05, 3.63) is 86.6 Å². The van der Waals surface area contributed by atoms with Crippen molar-refractivity contribution < 1.29 is 49.4 Å². The van der Waals surface area contributed by atoms with E-state index in [9.17, 15) is 25.7 Å². The number of hydroxylamine groups is 3. The summed E-state index contributed by atoms with van der Waals surface area (Å²) in [7, 11) is 0. The van der Waals surface area contributed by atoms with Crippen molar-refractivity contribution in [1.29, 1.82) is 0 Å². The average Bonchev–Trinajstić information content (AvgIpc) is 4.18. The van der Waals surface area contributed by atoms with Gasteiger partial charge in [-0.1, -0.05) is 43.7 Å². The van der Waals surface area contributed by atoms with Crippen LogP contribution in [0.25, 0.3) is 27.2 Å². The SMILES string of the molecule is CC[C@@H]1[C@H]2OC(C)(C)O[C@H]2C(C2=CCc3c(Cl)ncnc32)=[N+]1O.CC[C@@H]1[C@H]2OC(C)(C)O[C@H]2[C@H](C2=CCc3c(N=[N+]=[N-])ncnc32)N1O.Nc1ncnc2c1CC=C2[C@@H]1C[C@H](CO)[C@@H](O)[C@H]1O. The molecule has 67 heavy (non-hydrogen) atoms. The number of anilines is 1. The third kappa shape index (κ3) is 8.18. The minimum Gasteiger partial charge on any atom is -0.396 e. The number of aliphatic hydroxyl groups excluding tert-OH is 3. The zero-order valence-corrected chi connectivity index (χ0v) is 38.8. The van der Waals surface area contributed by atoms with E-state index in [1.165, 1.54) is 28.8 Å². The van der Waals surface area contributed by atoms with Gasteiger partial charge in [0.25, 0.3) is 5.71 Å². The summed E-state index contributed by atoms with van der Waals surface area (Å²) in [6.45, 7) is 11.5. The van der Waals surface area contributed by atoms with E-state index in [0.29, 0.717) is 53.9 Å². The second-order valence-corrected chi connectivity index (χ2v) is 19.1. The Morgan fingerprint density at radius 1 is 0.821 bits per heavy atom. The molecule has 0 spiro atoms. The van der Waals surface area contributed by atoms with E-state index in [1.807, 2.05) is 59.8 Å². The van der Waals surface area contributed by atoms with Gasteiger partial charge in [-0.15, -0.1) is 0 Å². The van der Waals surface area contributed by atoms with Crippen molar-refractivity contribution >= 4 is 45.7 Å². The molecular weight excluding hydrogens is 888 g/mol. The number of hydrogen-bond donors (Lipinski definition) is 6. The van der Waals surface area contributed by atoms with Gasteiger partial charge in [0.05, 0.1) is 46.9 Å². The molecule has 11 rings (SSSR count). The number of nitrogens with two attached hydrogens (primary N) is 1. The lowest BCUT2D eigenvalue weighted by Gasteiger charge is -2.30. The first-order valence-corrected chi connectivity index (χ1v) is 23.0. The molecule has 21 nitrogen and oxygen atoms in total. The number of nitrogens with zero attached hydrogens (tertiary/aromatic N) is 11. The Kier molecular flexibility index (Phi) is 12.7. The second kappa shape index (κ2) is 18.1. The summed E-state index contributed by atoms with van der Waals surface area (Å²) in [6, 6.07) is -0.675. The molecule has 3 aromatic heterocycles. The van der Waals surface area contributed by atoms with Gasteiger partial charge in [-0.2, -0.15) is 5.06 Å². The quantitative estimate of drug-likeness (QED) is 0.0480. The number of aromatic nitrogens is 6. The molecule has 4 fully saturated rings. The maximum atomic E-state index is 10.8. The average molecular weight is 944 g/mol. The van der Waals surface area contributed by atoms with E-state index in [-0.39, 0.29) is 61.0 Å². The highest BCUT2D eigenvalue weighted by atomic mass is 35.5. The first-order valence-electron chi connectivity index (χ1n) is 22.6. The third-order valence-corrected chi connectivity index (χ3v) is 14.3. The number of fused-ring (bicyclic) bond motifs is 5. The van der Waals surface area contributed by atoms with Gasteiger partial charge in [0.2, 0.25) is 6.04 Å². The molecule has 0 bridgehead atoms. The van der Waals surface area contributed by atoms with Crippen molar-refractivity contribution in [1.82, 2.24) is 35.0 Å². The van der Waals surface area contributed by atoms with Gasteiger partial charge in [-0.25, -0.2) is 29.9 Å². The molecule has 4 aliphatic carbocycles. The molecule has 1 saturated carbocycles. The van der Waals surface area contributed by atoms with Crippen molar-refractivity contribution in [2.24, 2.45) is 17.0 Å². The molecule has 7 N–H and O–H groups in total. The number of ether oxygens (including phenoxy) is 4. The zero-order chi connectivity index (χ0) is 47.7. The number of hydrogen-bond acceptors (Lipinski definition) is 18. The lowest BCUT2D eigenvalue weighted by atomic mass is 9.93. The third-order valence-electron chi connectivity index (χ3n) is 14.0. The van der Waals surface area contributed by atoms with Gasteiger partial charge in [0.15, 0.2) is 23.8 Å². The number of halogens is 1. The molecular formula is C45H56ClN12O9+. The van der Waals surface area contributed by atoms with Crippen molar-refractivity contribution in [2.75, 3.05) is 12.3 Å². The topological polar surface area (TPSA) is 296 Å². The maximum Gasteiger partial charge on any atom is 0.268 e. The maximum absolute atomic E-state index is 10.8. The molecule has 3 saturated heterocycles. The summed E-state index contributed by atoms with van der Waals surface area (Å²) in [6.07, 6.45) is 11.4. The van der Waals surface area contributed by atoms with Crippen LogP contribution in [0.4, 0.5) is 11.6 Å². The van der Waals surface area contributed by atoms with Crippen LogP contribution in [0.3, 0.4) is 0 Å². The van der Waals surface area contributed by atoms with Crippen molar-refractivity contribution in [3.8, 4) is 0 Å². The molecule has 4 aliphatic heterocycles. The zero-order valence-electron chi connectivity index (χ0n) is 38.0. The molecule has 356 valence electrons. The van der Waals surface area contributed by atoms with Crippen LogP contribution in [0.5, 0.6) is 0 Å². The number of rotatable bonds is 7. The Morgan fingerprint density at radius 3 is 2.15 bits per heavy atom. The highest BCUT2D eigenvalue weighted by Crippen LogP contribution is 2.48. The smallest absolute Gasteiger partial charge is 0.268 e. The summed E-state index contributed by atoms with van der Waals surface area (Å²) < 4.78 is 25.5. The number of azide groups is 1. The lowest BCUT2D eigenvalue weighted by Crippen LogP contribution is -2.41. The van der Waals surface area contributed by atoms with Crippen LogP contribution in [0.15, 0.2) is 42.3 Å². The highest BCUT2D eigenvalue weighted by molar-refractivity contribution is 6.32. The second-order valence-electron chi connectivity index (χ2n) is 18.7. The van der Waals surface area contributed by atoms with Crippen LogP contribution >= 0.6 is 11.6 Å². The van der Waals surface area contributed by atoms with Crippen molar-refractivity contribution in [3.63, 3.8) is 0 Å². The number of nitrogen functional groups attached to an aromatic ring is 1. The molecule has 0 amide bonds. The molecule has 0 radical (unpaired) electrons. The molecule has 8 aliphatic rings. The van der Waals surface area contributed by atoms with E-state index in [1.54, 1.807) is 0 Å². The van der Waals surface area contributed by atoms with Crippen LogP contribution < -0.4 is 5.73 Å². The van der Waals surface area contributed by atoms with Crippen LogP contribution in [0.2, 0.25) is 5.15 Å². The van der Waals surface area contributed by atoms with E-state index >= 15 is 0 Å². The Bertz CT molecular complexity index is 2620. The van der Waals surface area contributed by atoms with Gasteiger partial charge in [-0.3, -0.25) is 5.21 Å². The molecule has 0 aromatic carbocycles. The first-order chi connectivity index (χ1) is 32.0. The van der Waals surface area contributed by atoms with E-state index in [4.69, 9.17) is 41.8 Å². The fourth-order valence-corrected chi connectivity index (χ4v) is 11.2. The monoisotopic (exact) mass is 943 g/mol. The van der Waals surface area contributed by atoms with Crippen LogP contribution in [-0.2, 0) is 38.2 Å². The molecule has 11 atom stereocenters. The van der Waals surface area contributed by atoms with Gasteiger partial charge in [0, 0.05) is 46.5 Å². The molecule has 22 heteroatoms. The summed E-state index contributed by atoms with van der Waals surface area (Å²) in [5.74, 6) is -1.06. The van der Waals surface area contributed by atoms with E-state index in [2.05, 4.69) is 39.9 Å². The fraction of sp³-hybridized carbons (Fsp3) is 0.578. The van der Waals surface area contributed by atoms with Crippen molar-refractivity contribution in [2.45, 2.75) is 146 Å². The van der Waals surface area contributed by atoms with Crippen LogP contribution in [-0.4, -0.2) is 144 Å². The Morgan fingerprint density at radius 2 is 1.45 bits per heavy atom. The highest BCUT2D eigenvalue weighted by Gasteiger charge is 2.62. The van der Waals surface area contributed by atoms with Crippen LogP contribution in [0.1, 0.15) is 94.6 Å². The summed E-state index contributed by atoms with van der Waals surface area (Å²) in [4.78, 5) is 27.8. The number of aliphatic hydroxyl groups is 3. The minimum atomic E-state index is -0.890. The van der Waals surface area contributed by atoms with Gasteiger partial charge in [0.1, 0.15) is 48.0 Å². The van der Waals surface area contributed by atoms with E-state index < -0.39 is 23.8 Å². The number of allylic oxidation sites excluding steroid dienone is 3. The Labute approximate surface area is 391 Å². The molecule has 0 unspecified atom stereocenters. The van der Waals surface area contributed by atoms with Crippen LogP contribution in [0, 0.1) is 11.8 Å². The summed E-state index contributed by atoms with van der Waals surface area (Å²) in [5, 5.41) is 56.2. The lowest BCUT2D eigenvalue weighted by molar-refractivity contribution is -0.797. The fourth-order valence-electron chi connectivity index (χ4n) is 11.0. The standard InChI is InChI=1S/C16H19ClN3O3.C16H20N6O3.C13H17N3O3/c1-4-10-13-14(23-16(2,3)22-13)12(20(10)21)8-5-6-9-11(8)18-7-19-15(9)17;1-4-10-13-14(25-16(2,3)24-13)12(22(10)23)8-5-6-9-11(8)18-7-19-15(9)20-21-17;14-13-8-2-1-7(10(8)15-5-16-13)9-3-6(4-17)11(18)12(9)19/h5,7,10,13-14,21H,4,6H2,1-3H3;5,7,10,12-14,23H,4,6H2,1-3H3;1,5-6,9,11-12,17-19H,2-4H2,(H2,14,15,16)/q+1;;/t10-,13-,14+;10-,12+,13-,14+;6-,9+,11-,12+/m111/s1.